The van der Waals surface area contributed by atoms with Gasteiger partial charge in [-0.15, -0.1) is 24.0 Å². The van der Waals surface area contributed by atoms with E-state index in [0.717, 1.165) is 12.2 Å². The van der Waals surface area contributed by atoms with E-state index in [1.165, 1.54) is 12.1 Å². The summed E-state index contributed by atoms with van der Waals surface area (Å²) in [6, 6.07) is 11.7. The fourth-order valence-electron chi connectivity index (χ4n) is 2.22. The van der Waals surface area contributed by atoms with Gasteiger partial charge in [0.05, 0.1) is 25.9 Å². The molecule has 8 heteroatoms. The number of guanidine groups is 1. The number of nitrogens with zero attached hydrogens (tertiary/aromatic N) is 2. The molecule has 0 saturated heterocycles. The van der Waals surface area contributed by atoms with Gasteiger partial charge in [0.2, 0.25) is 5.88 Å². The average Bonchev–Trinajstić information content (AvgIpc) is 2.64. The van der Waals surface area contributed by atoms with Gasteiger partial charge < -0.3 is 20.1 Å². The van der Waals surface area contributed by atoms with Gasteiger partial charge in [0.15, 0.2) is 5.96 Å². The molecule has 2 rings (SSSR count). The molecule has 27 heavy (non-hydrogen) atoms. The molecule has 1 atom stereocenters. The Morgan fingerprint density at radius 2 is 2.00 bits per heavy atom. The number of aromatic nitrogens is 1. The first kappa shape index (κ1) is 22.9. The molecule has 2 aromatic rings. The van der Waals surface area contributed by atoms with E-state index >= 15 is 0 Å². The number of nitrogens with one attached hydrogen (secondary N) is 2. The molecular weight excluding hydrogens is 462 g/mol. The maximum atomic E-state index is 13.2. The zero-order valence-electron chi connectivity index (χ0n) is 15.7. The lowest BCUT2D eigenvalue weighted by Crippen LogP contribution is -2.41. The molecule has 0 spiro atoms. The Kier molecular flexibility index (Phi) is 10.5. The topological polar surface area (TPSA) is 67.8 Å². The molecule has 1 unspecified atom stereocenters. The van der Waals surface area contributed by atoms with Crippen LogP contribution in [0.1, 0.15) is 19.5 Å². The predicted molar refractivity (Wildman–Crippen MR) is 116 cm³/mol. The lowest BCUT2D eigenvalue weighted by atomic mass is 10.3. The number of aliphatic imine (C=N–C) groups is 1. The maximum absolute atomic E-state index is 13.2. The Balaban J connectivity index is 0.00000364. The van der Waals surface area contributed by atoms with Crippen LogP contribution in [-0.4, -0.2) is 37.2 Å². The molecule has 0 saturated carbocycles. The molecule has 0 aliphatic carbocycles. The summed E-state index contributed by atoms with van der Waals surface area (Å²) in [5, 5.41) is 6.39. The highest BCUT2D eigenvalue weighted by molar-refractivity contribution is 14.0. The monoisotopic (exact) mass is 488 g/mol. The number of benzene rings is 1. The SMILES string of the molecule is CCNC(=NCc1cccc(OC)n1)NCC(C)Oc1cccc(F)c1.I. The summed E-state index contributed by atoms with van der Waals surface area (Å²) >= 11 is 0. The molecule has 1 aromatic carbocycles. The number of pyridine rings is 1. The average molecular weight is 488 g/mol. The molecule has 6 nitrogen and oxygen atoms in total. The van der Waals surface area contributed by atoms with Crippen molar-refractivity contribution in [1.82, 2.24) is 15.6 Å². The lowest BCUT2D eigenvalue weighted by Gasteiger charge is -2.17. The minimum atomic E-state index is -0.316. The van der Waals surface area contributed by atoms with Gasteiger partial charge in [-0.1, -0.05) is 12.1 Å². The first-order valence-corrected chi connectivity index (χ1v) is 8.55. The van der Waals surface area contributed by atoms with Crippen LogP contribution in [0.4, 0.5) is 4.39 Å². The Bertz CT molecular complexity index is 730. The first-order chi connectivity index (χ1) is 12.6. The van der Waals surface area contributed by atoms with Gasteiger partial charge in [0.1, 0.15) is 17.7 Å². The van der Waals surface area contributed by atoms with Crippen molar-refractivity contribution in [1.29, 1.82) is 0 Å². The van der Waals surface area contributed by atoms with Crippen molar-refractivity contribution < 1.29 is 13.9 Å². The van der Waals surface area contributed by atoms with Crippen LogP contribution < -0.4 is 20.1 Å². The Hall–Kier alpha value is -2.10. The van der Waals surface area contributed by atoms with Crippen LogP contribution in [-0.2, 0) is 6.54 Å². The van der Waals surface area contributed by atoms with E-state index in [1.54, 1.807) is 25.3 Å². The number of ether oxygens (including phenoxy) is 2. The summed E-state index contributed by atoms with van der Waals surface area (Å²) < 4.78 is 24.0. The predicted octanol–water partition coefficient (Wildman–Crippen LogP) is 3.37. The van der Waals surface area contributed by atoms with E-state index in [2.05, 4.69) is 20.6 Å². The van der Waals surface area contributed by atoms with Crippen LogP contribution in [0.15, 0.2) is 47.5 Å². The second-order valence-corrected chi connectivity index (χ2v) is 5.63. The smallest absolute Gasteiger partial charge is 0.213 e. The number of methoxy groups -OCH3 is 1. The van der Waals surface area contributed by atoms with Crippen molar-refractivity contribution in [3.05, 3.63) is 54.0 Å². The van der Waals surface area contributed by atoms with Crippen LogP contribution in [0.3, 0.4) is 0 Å². The van der Waals surface area contributed by atoms with E-state index in [1.807, 2.05) is 26.0 Å². The van der Waals surface area contributed by atoms with Crippen molar-refractivity contribution >= 4 is 29.9 Å². The molecule has 2 N–H and O–H groups in total. The molecule has 1 heterocycles. The summed E-state index contributed by atoms with van der Waals surface area (Å²) in [6.07, 6.45) is -0.157. The van der Waals surface area contributed by atoms with Gasteiger partial charge >= 0.3 is 0 Å². The van der Waals surface area contributed by atoms with Gasteiger partial charge in [-0.05, 0) is 32.0 Å². The second-order valence-electron chi connectivity index (χ2n) is 5.63. The van der Waals surface area contributed by atoms with Crippen molar-refractivity contribution in [3.63, 3.8) is 0 Å². The van der Waals surface area contributed by atoms with E-state index in [-0.39, 0.29) is 35.9 Å². The van der Waals surface area contributed by atoms with Crippen molar-refractivity contribution in [2.75, 3.05) is 20.2 Å². The van der Waals surface area contributed by atoms with E-state index < -0.39 is 0 Å². The molecule has 0 aliphatic heterocycles. The minimum Gasteiger partial charge on any atom is -0.489 e. The van der Waals surface area contributed by atoms with E-state index in [0.29, 0.717) is 30.7 Å². The zero-order valence-corrected chi connectivity index (χ0v) is 18.1. The van der Waals surface area contributed by atoms with Crippen molar-refractivity contribution in [2.24, 2.45) is 4.99 Å². The normalized spacial score (nSPS) is 11.9. The Morgan fingerprint density at radius 1 is 1.22 bits per heavy atom. The van der Waals surface area contributed by atoms with Gasteiger partial charge in [-0.2, -0.15) is 0 Å². The summed E-state index contributed by atoms with van der Waals surface area (Å²) in [5.74, 6) is 1.41. The third-order valence-corrected chi connectivity index (χ3v) is 3.42. The van der Waals surface area contributed by atoms with Gasteiger partial charge in [0, 0.05) is 18.7 Å². The highest BCUT2D eigenvalue weighted by Crippen LogP contribution is 2.13. The van der Waals surface area contributed by atoms with Crippen LogP contribution in [0.5, 0.6) is 11.6 Å². The van der Waals surface area contributed by atoms with Gasteiger partial charge in [-0.3, -0.25) is 0 Å². The Labute approximate surface area is 176 Å². The minimum absolute atomic E-state index is 0. The van der Waals surface area contributed by atoms with Crippen LogP contribution >= 0.6 is 24.0 Å². The third-order valence-electron chi connectivity index (χ3n) is 3.42. The van der Waals surface area contributed by atoms with Crippen molar-refractivity contribution in [3.8, 4) is 11.6 Å². The number of halogens is 2. The Morgan fingerprint density at radius 3 is 2.70 bits per heavy atom. The molecule has 0 aliphatic rings. The third kappa shape index (κ3) is 8.42. The fourth-order valence-corrected chi connectivity index (χ4v) is 2.22. The number of rotatable bonds is 8. The maximum Gasteiger partial charge on any atom is 0.213 e. The molecule has 1 aromatic heterocycles. The zero-order chi connectivity index (χ0) is 18.8. The molecular formula is C19H26FIN4O2. The van der Waals surface area contributed by atoms with E-state index in [9.17, 15) is 4.39 Å². The van der Waals surface area contributed by atoms with Gasteiger partial charge in [-0.25, -0.2) is 14.4 Å². The summed E-state index contributed by atoms with van der Waals surface area (Å²) in [5.41, 5.74) is 0.811. The second kappa shape index (κ2) is 12.3. The fraction of sp³-hybridized carbons (Fsp3) is 0.368. The van der Waals surface area contributed by atoms with Crippen LogP contribution in [0.25, 0.3) is 0 Å². The van der Waals surface area contributed by atoms with E-state index in [4.69, 9.17) is 9.47 Å². The van der Waals surface area contributed by atoms with Crippen LogP contribution in [0, 0.1) is 5.82 Å². The summed E-state index contributed by atoms with van der Waals surface area (Å²) in [6.45, 7) is 5.58. The first-order valence-electron chi connectivity index (χ1n) is 8.55. The quantitative estimate of drug-likeness (QED) is 0.339. The molecule has 0 radical (unpaired) electrons. The largest absolute Gasteiger partial charge is 0.489 e. The molecule has 148 valence electrons. The van der Waals surface area contributed by atoms with Gasteiger partial charge in [0.25, 0.3) is 0 Å². The molecule has 0 fully saturated rings. The molecule has 0 amide bonds. The number of hydrogen-bond acceptors (Lipinski definition) is 4. The van der Waals surface area contributed by atoms with Crippen molar-refractivity contribution in [2.45, 2.75) is 26.5 Å². The highest BCUT2D eigenvalue weighted by Gasteiger charge is 2.07. The summed E-state index contributed by atoms with van der Waals surface area (Å²) in [4.78, 5) is 8.85. The standard InChI is InChI=1S/C19H25FN4O2.HI/c1-4-21-19(23-13-16-8-6-10-18(24-16)25-3)22-12-14(2)26-17-9-5-7-15(20)11-17;/h5-11,14H,4,12-13H2,1-3H3,(H2,21,22,23);1H. The summed E-state index contributed by atoms with van der Waals surface area (Å²) in [7, 11) is 1.58. The number of hydrogen-bond donors (Lipinski definition) is 2. The highest BCUT2D eigenvalue weighted by atomic mass is 127. The van der Waals surface area contributed by atoms with Crippen LogP contribution in [0.2, 0.25) is 0 Å². The lowest BCUT2D eigenvalue weighted by molar-refractivity contribution is 0.223. The molecule has 0 bridgehead atoms.